The molecular formula is C14H18O2S. The van der Waals surface area contributed by atoms with Crippen molar-refractivity contribution in [3.05, 3.63) is 34.9 Å². The molecule has 0 amide bonds. The van der Waals surface area contributed by atoms with E-state index in [1.54, 1.807) is 0 Å². The van der Waals surface area contributed by atoms with Gasteiger partial charge in [-0.25, -0.2) is 0 Å². The van der Waals surface area contributed by atoms with Crippen LogP contribution in [0.2, 0.25) is 0 Å². The number of carbonyl (C=O) groups is 1. The molecule has 17 heavy (non-hydrogen) atoms. The maximum atomic E-state index is 11.9. The van der Waals surface area contributed by atoms with Crippen LogP contribution in [0, 0.1) is 0 Å². The largest absolute Gasteiger partial charge is 0.293 e. The lowest BCUT2D eigenvalue weighted by Crippen LogP contribution is -2.13. The van der Waals surface area contributed by atoms with Crippen molar-refractivity contribution in [1.82, 2.24) is 0 Å². The first-order valence-corrected chi connectivity index (χ1v) is 7.69. The summed E-state index contributed by atoms with van der Waals surface area (Å²) < 4.78 is 11.6. The molecular weight excluding hydrogens is 232 g/mol. The van der Waals surface area contributed by atoms with Crippen molar-refractivity contribution in [2.75, 3.05) is 11.5 Å². The van der Waals surface area contributed by atoms with Crippen LogP contribution in [0.4, 0.5) is 0 Å². The van der Waals surface area contributed by atoms with Gasteiger partial charge in [0.05, 0.1) is 5.75 Å². The van der Waals surface area contributed by atoms with Crippen LogP contribution in [0.15, 0.2) is 18.2 Å². The van der Waals surface area contributed by atoms with Crippen molar-refractivity contribution in [3.63, 3.8) is 0 Å². The molecule has 92 valence electrons. The number of ketones is 1. The van der Waals surface area contributed by atoms with E-state index in [0.29, 0.717) is 5.75 Å². The molecule has 1 aromatic rings. The molecule has 0 fully saturated rings. The predicted molar refractivity (Wildman–Crippen MR) is 71.0 cm³/mol. The Balaban J connectivity index is 2.07. The Hall–Kier alpha value is -0.960. The van der Waals surface area contributed by atoms with E-state index in [0.717, 1.165) is 24.8 Å². The summed E-state index contributed by atoms with van der Waals surface area (Å²) in [5.41, 5.74) is 3.41. The van der Waals surface area contributed by atoms with Gasteiger partial charge in [-0.1, -0.05) is 19.1 Å². The Morgan fingerprint density at radius 3 is 2.82 bits per heavy atom. The Bertz CT molecular complexity index is 452. The van der Waals surface area contributed by atoms with Crippen LogP contribution in [-0.2, 0) is 23.6 Å². The molecule has 0 spiro atoms. The molecule has 1 aromatic carbocycles. The summed E-state index contributed by atoms with van der Waals surface area (Å²) in [7, 11) is -0.998. The topological polar surface area (TPSA) is 34.1 Å². The molecule has 1 aliphatic rings. The van der Waals surface area contributed by atoms with Gasteiger partial charge in [0.25, 0.3) is 0 Å². The first kappa shape index (κ1) is 12.5. The van der Waals surface area contributed by atoms with Gasteiger partial charge in [0.15, 0.2) is 5.78 Å². The van der Waals surface area contributed by atoms with Crippen molar-refractivity contribution >= 4 is 16.6 Å². The van der Waals surface area contributed by atoms with Gasteiger partial charge in [0, 0.05) is 22.1 Å². The van der Waals surface area contributed by atoms with E-state index in [1.807, 2.05) is 19.1 Å². The number of benzene rings is 1. The Morgan fingerprint density at radius 2 is 2.06 bits per heavy atom. The van der Waals surface area contributed by atoms with Gasteiger partial charge >= 0.3 is 0 Å². The van der Waals surface area contributed by atoms with Gasteiger partial charge in [-0.2, -0.15) is 0 Å². The van der Waals surface area contributed by atoms with E-state index >= 15 is 0 Å². The molecule has 0 heterocycles. The molecule has 0 saturated heterocycles. The summed E-state index contributed by atoms with van der Waals surface area (Å²) in [6, 6.07) is 5.93. The second-order valence-electron chi connectivity index (χ2n) is 4.55. The van der Waals surface area contributed by atoms with Gasteiger partial charge in [0.2, 0.25) is 0 Å². The molecule has 3 heteroatoms. The van der Waals surface area contributed by atoms with Crippen molar-refractivity contribution in [2.24, 2.45) is 0 Å². The molecule has 0 N–H and O–H groups in total. The lowest BCUT2D eigenvalue weighted by atomic mass is 10.0. The molecule has 0 radical (unpaired) electrons. The second-order valence-corrected chi connectivity index (χ2v) is 6.13. The van der Waals surface area contributed by atoms with Crippen LogP contribution in [0.25, 0.3) is 0 Å². The minimum atomic E-state index is -0.998. The molecule has 1 unspecified atom stereocenters. The predicted octanol–water partition coefficient (Wildman–Crippen LogP) is 2.52. The zero-order chi connectivity index (χ0) is 12.3. The zero-order valence-electron chi connectivity index (χ0n) is 10.2. The number of Topliss-reactive ketones (excluding diaryl/α,β-unsaturated/α-hetero) is 1. The highest BCUT2D eigenvalue weighted by molar-refractivity contribution is 7.85. The summed E-state index contributed by atoms with van der Waals surface area (Å²) >= 11 is 0. The third-order valence-corrected chi connectivity index (χ3v) is 4.59. The number of fused-ring (bicyclic) bond motifs is 1. The van der Waals surface area contributed by atoms with Gasteiger partial charge in [-0.3, -0.25) is 9.00 Å². The fourth-order valence-electron chi connectivity index (χ4n) is 2.27. The van der Waals surface area contributed by atoms with Gasteiger partial charge in [-0.05, 0) is 42.9 Å². The summed E-state index contributed by atoms with van der Waals surface area (Å²) in [4.78, 5) is 11.9. The maximum Gasteiger partial charge on any atom is 0.175 e. The summed E-state index contributed by atoms with van der Waals surface area (Å²) in [6.45, 7) is 1.98. The maximum absolute atomic E-state index is 11.9. The quantitative estimate of drug-likeness (QED) is 0.752. The molecule has 2 rings (SSSR count). The monoisotopic (exact) mass is 250 g/mol. The summed E-state index contributed by atoms with van der Waals surface area (Å²) in [6.07, 6.45) is 4.26. The van der Waals surface area contributed by atoms with E-state index < -0.39 is 10.8 Å². The Labute approximate surface area is 105 Å². The standard InChI is InChI=1S/C14H18O2S/c1-2-8-17(16)10-14(15)13-7-6-11-4-3-5-12(11)9-13/h6-7,9H,2-5,8,10H2,1H3. The molecule has 0 bridgehead atoms. The van der Waals surface area contributed by atoms with E-state index in [2.05, 4.69) is 6.07 Å². The van der Waals surface area contributed by atoms with Crippen LogP contribution in [0.5, 0.6) is 0 Å². The van der Waals surface area contributed by atoms with Crippen LogP contribution in [0.3, 0.4) is 0 Å². The third kappa shape index (κ3) is 3.03. The Morgan fingerprint density at radius 1 is 1.29 bits per heavy atom. The minimum Gasteiger partial charge on any atom is -0.293 e. The third-order valence-electron chi connectivity index (χ3n) is 3.14. The van der Waals surface area contributed by atoms with Gasteiger partial charge in [0.1, 0.15) is 0 Å². The number of aryl methyl sites for hydroxylation is 2. The average Bonchev–Trinajstić information content (AvgIpc) is 2.75. The van der Waals surface area contributed by atoms with Crippen LogP contribution >= 0.6 is 0 Å². The highest BCUT2D eigenvalue weighted by atomic mass is 32.2. The van der Waals surface area contributed by atoms with E-state index in [4.69, 9.17) is 0 Å². The number of hydrogen-bond acceptors (Lipinski definition) is 2. The zero-order valence-corrected chi connectivity index (χ0v) is 11.0. The lowest BCUT2D eigenvalue weighted by Gasteiger charge is -2.04. The van der Waals surface area contributed by atoms with Crippen molar-refractivity contribution < 1.29 is 9.00 Å². The lowest BCUT2D eigenvalue weighted by molar-refractivity contribution is 0.102. The normalized spacial score (nSPS) is 15.6. The Kier molecular flexibility index (Phi) is 4.11. The molecule has 1 aliphatic carbocycles. The van der Waals surface area contributed by atoms with Gasteiger partial charge < -0.3 is 0 Å². The van der Waals surface area contributed by atoms with E-state index in [-0.39, 0.29) is 11.5 Å². The smallest absolute Gasteiger partial charge is 0.175 e. The fourth-order valence-corrected chi connectivity index (χ4v) is 3.33. The SMILES string of the molecule is CCCS(=O)CC(=O)c1ccc2c(c1)CCC2. The first-order valence-electron chi connectivity index (χ1n) is 6.20. The molecule has 0 aliphatic heterocycles. The van der Waals surface area contributed by atoms with Crippen LogP contribution in [0.1, 0.15) is 41.3 Å². The minimum absolute atomic E-state index is 0.0199. The van der Waals surface area contributed by atoms with Crippen molar-refractivity contribution in [3.8, 4) is 0 Å². The molecule has 0 aromatic heterocycles. The van der Waals surface area contributed by atoms with Crippen LogP contribution in [-0.4, -0.2) is 21.5 Å². The molecule has 1 atom stereocenters. The fraction of sp³-hybridized carbons (Fsp3) is 0.500. The van der Waals surface area contributed by atoms with Crippen molar-refractivity contribution in [2.45, 2.75) is 32.6 Å². The molecule has 2 nitrogen and oxygen atoms in total. The molecule has 0 saturated carbocycles. The summed E-state index contributed by atoms with van der Waals surface area (Å²) in [5, 5.41) is 0. The second kappa shape index (κ2) is 5.58. The van der Waals surface area contributed by atoms with E-state index in [9.17, 15) is 9.00 Å². The number of hydrogen-bond donors (Lipinski definition) is 0. The highest BCUT2D eigenvalue weighted by Gasteiger charge is 2.15. The van der Waals surface area contributed by atoms with Crippen LogP contribution < -0.4 is 0 Å². The average molecular weight is 250 g/mol. The number of carbonyl (C=O) groups excluding carboxylic acids is 1. The van der Waals surface area contributed by atoms with E-state index in [1.165, 1.54) is 17.5 Å². The van der Waals surface area contributed by atoms with Gasteiger partial charge in [-0.15, -0.1) is 0 Å². The number of rotatable bonds is 5. The first-order chi connectivity index (χ1) is 8.20. The van der Waals surface area contributed by atoms with Crippen molar-refractivity contribution in [1.29, 1.82) is 0 Å². The summed E-state index contributed by atoms with van der Waals surface area (Å²) in [5.74, 6) is 0.815. The highest BCUT2D eigenvalue weighted by Crippen LogP contribution is 2.23.